The van der Waals surface area contributed by atoms with Gasteiger partial charge in [0.05, 0.1) is 0 Å². The van der Waals surface area contributed by atoms with Crippen LogP contribution in [-0.4, -0.2) is 12.2 Å². The summed E-state index contributed by atoms with van der Waals surface area (Å²) in [4.78, 5) is 0. The molecule has 0 aromatic carbocycles. The van der Waals surface area contributed by atoms with Gasteiger partial charge in [-0.15, -0.1) is 0 Å². The Morgan fingerprint density at radius 2 is 1.67 bits per heavy atom. The van der Waals surface area contributed by atoms with Gasteiger partial charge in [0, 0.05) is 0 Å². The van der Waals surface area contributed by atoms with Crippen LogP contribution in [0.5, 0.6) is 0 Å². The quantitative estimate of drug-likeness (QED) is 0.557. The molecule has 0 spiro atoms. The summed E-state index contributed by atoms with van der Waals surface area (Å²) in [7, 11) is 0. The molecule has 0 bridgehead atoms. The van der Waals surface area contributed by atoms with E-state index in [0.29, 0.717) is 0 Å². The Bertz CT molecular complexity index is 348. The van der Waals surface area contributed by atoms with Crippen molar-refractivity contribution < 1.29 is 14.8 Å². The normalized spacial score (nSPS) is 16.6. The van der Waals surface area contributed by atoms with E-state index >= 15 is 0 Å². The Kier molecular flexibility index (Phi) is 5.90. The van der Waals surface area contributed by atoms with Crippen molar-refractivity contribution in [3.05, 3.63) is 23.8 Å². The van der Waals surface area contributed by atoms with Crippen molar-refractivity contribution in [3.8, 4) is 0 Å². The third kappa shape index (κ3) is 6.01. The summed E-state index contributed by atoms with van der Waals surface area (Å²) in [5.74, 6) is 0. The maximum absolute atomic E-state index is 4.10. The molecule has 0 radical (unpaired) electrons. The van der Waals surface area contributed by atoms with Crippen LogP contribution < -0.4 is 3.80 Å². The van der Waals surface area contributed by atoms with E-state index in [4.69, 9.17) is 0 Å². The van der Waals surface area contributed by atoms with E-state index in [1.807, 2.05) is 0 Å². The molecular formula is C15H34NSiTi. The molecule has 0 aliphatic heterocycles. The first-order chi connectivity index (χ1) is 7.75. The van der Waals surface area contributed by atoms with Crippen molar-refractivity contribution in [2.24, 2.45) is 0 Å². The van der Waals surface area contributed by atoms with E-state index < -0.39 is 21.5 Å². The summed E-state index contributed by atoms with van der Waals surface area (Å²) in [5.41, 5.74) is 2.90. The van der Waals surface area contributed by atoms with Gasteiger partial charge in [-0.3, -0.25) is 0 Å². The Hall–Kier alpha value is 0.371. The van der Waals surface area contributed by atoms with Gasteiger partial charge < -0.3 is 0 Å². The number of hydrogen-bond donors (Lipinski definition) is 1. The van der Waals surface area contributed by atoms with E-state index in [1.165, 1.54) is 15.9 Å². The fourth-order valence-corrected chi connectivity index (χ4v) is 16.9. The predicted molar refractivity (Wildman–Crippen MR) is 86.9 cm³/mol. The molecule has 1 nitrogen and oxygen atoms in total. The molecule has 0 heterocycles. The minimum atomic E-state index is -2.55. The summed E-state index contributed by atoms with van der Waals surface area (Å²) in [5, 5.41) is 5.18. The summed E-state index contributed by atoms with van der Waals surface area (Å²) in [6.45, 7) is 19.6. The molecule has 0 rings (SSSR count). The second-order valence-corrected chi connectivity index (χ2v) is 33.4. The van der Waals surface area contributed by atoms with Gasteiger partial charge in [-0.2, -0.15) is 0 Å². The van der Waals surface area contributed by atoms with Crippen LogP contribution in [0, 0.1) is 0 Å². The Labute approximate surface area is 117 Å². The Balaban J connectivity index is 5.34. The van der Waals surface area contributed by atoms with Crippen LogP contribution in [0.15, 0.2) is 23.8 Å². The molecule has 18 heavy (non-hydrogen) atoms. The second-order valence-electron chi connectivity index (χ2n) is 8.35. The van der Waals surface area contributed by atoms with Crippen LogP contribution in [0.4, 0.5) is 0 Å². The number of rotatable bonds is 5. The number of nitrogens with one attached hydrogen (secondary N) is 1. The maximum atomic E-state index is 4.10. The molecule has 0 saturated heterocycles. The van der Waals surface area contributed by atoms with Gasteiger partial charge >= 0.3 is 118 Å². The van der Waals surface area contributed by atoms with Crippen molar-refractivity contribution in [3.63, 3.8) is 0 Å². The van der Waals surface area contributed by atoms with E-state index in [2.05, 4.69) is 74.6 Å². The predicted octanol–water partition coefficient (Wildman–Crippen LogP) is 5.00. The van der Waals surface area contributed by atoms with Crippen LogP contribution in [-0.2, 0) is 14.8 Å². The summed E-state index contributed by atoms with van der Waals surface area (Å²) >= 11 is -2.55. The molecule has 0 aromatic rings. The van der Waals surface area contributed by atoms with Gasteiger partial charge in [0.2, 0.25) is 0 Å². The molecule has 3 heteroatoms. The van der Waals surface area contributed by atoms with Crippen molar-refractivity contribution >= 4 is 6.66 Å². The van der Waals surface area contributed by atoms with Crippen molar-refractivity contribution in [1.29, 1.82) is 0 Å². The van der Waals surface area contributed by atoms with Crippen molar-refractivity contribution in [2.75, 3.05) is 0 Å². The third-order valence-electron chi connectivity index (χ3n) is 3.95. The molecule has 0 unspecified atom stereocenters. The van der Waals surface area contributed by atoms with Crippen LogP contribution in [0.1, 0.15) is 34.6 Å². The molecule has 0 aliphatic rings. The van der Waals surface area contributed by atoms with Gasteiger partial charge in [0.1, 0.15) is 0 Å². The third-order valence-corrected chi connectivity index (χ3v) is 31.5. The molecule has 0 aliphatic carbocycles. The fraction of sp³-hybridized carbons (Fsp3) is 0.733. The zero-order valence-electron chi connectivity index (χ0n) is 14.1. The van der Waals surface area contributed by atoms with Gasteiger partial charge in [0.15, 0.2) is 0 Å². The fourth-order valence-electron chi connectivity index (χ4n) is 2.95. The number of hydrogen-bond acceptors (Lipinski definition) is 1. The first kappa shape index (κ1) is 18.4. The van der Waals surface area contributed by atoms with E-state index in [1.54, 1.807) is 0 Å². The molecule has 0 aromatic heterocycles. The monoisotopic (exact) mass is 304 g/mol. The molecule has 107 valence electrons. The average Bonchev–Trinajstić information content (AvgIpc) is 1.94. The SMILES string of the molecule is C=C(C)C=C(C)[CH2][Ti]([CH3])([CH3])([NH]C(C)(C)C)[SiH](C)C. The number of allylic oxidation sites excluding steroid dienone is 3. The van der Waals surface area contributed by atoms with Gasteiger partial charge in [0.25, 0.3) is 0 Å². The molecule has 0 atom stereocenters. The zero-order valence-corrected chi connectivity index (χ0v) is 16.8. The van der Waals surface area contributed by atoms with Gasteiger partial charge in [-0.1, -0.05) is 0 Å². The Morgan fingerprint density at radius 1 is 1.22 bits per heavy atom. The molecule has 0 amide bonds. The molecule has 1 N–H and O–H groups in total. The minimum absolute atomic E-state index is 0.224. The van der Waals surface area contributed by atoms with Crippen LogP contribution >= 0.6 is 0 Å². The van der Waals surface area contributed by atoms with Crippen LogP contribution in [0.2, 0.25) is 28.3 Å². The van der Waals surface area contributed by atoms with E-state index in [-0.39, 0.29) is 5.54 Å². The van der Waals surface area contributed by atoms with E-state index in [9.17, 15) is 0 Å². The van der Waals surface area contributed by atoms with E-state index in [0.717, 1.165) is 0 Å². The molecular weight excluding hydrogens is 270 g/mol. The average molecular weight is 304 g/mol. The van der Waals surface area contributed by atoms with Crippen LogP contribution in [0.3, 0.4) is 0 Å². The molecule has 0 saturated carbocycles. The standard InChI is InChI=1S/C7H11.C4H10N.C2H7Si.2CH3.Ti/c1-6(2)5-7(3)4;1-4(2,3)5;1-3-2;;;/h5H,1,3H2,2,4H3;5H,1-3H3;3H,1-2H3;2*1H3;/q;-1;;;;+1. The topological polar surface area (TPSA) is 12.0 Å². The summed E-state index contributed by atoms with van der Waals surface area (Å²) in [6, 6.07) is 0. The van der Waals surface area contributed by atoms with Gasteiger partial charge in [-0.05, 0) is 0 Å². The first-order valence-corrected chi connectivity index (χ1v) is 17.7. The summed E-state index contributed by atoms with van der Waals surface area (Å²) < 4.78 is 5.38. The Morgan fingerprint density at radius 3 is 1.94 bits per heavy atom. The van der Waals surface area contributed by atoms with Gasteiger partial charge in [-0.25, -0.2) is 0 Å². The van der Waals surface area contributed by atoms with Crippen molar-refractivity contribution in [1.82, 2.24) is 3.80 Å². The zero-order chi connectivity index (χ0) is 14.8. The summed E-state index contributed by atoms with van der Waals surface area (Å²) in [6.07, 6.45) is 2.26. The van der Waals surface area contributed by atoms with Crippen LogP contribution in [0.25, 0.3) is 0 Å². The first-order valence-electron chi connectivity index (χ1n) is 7.08. The van der Waals surface area contributed by atoms with Crippen molar-refractivity contribution in [2.45, 2.75) is 68.4 Å². The second kappa shape index (κ2) is 5.78. The molecule has 0 fully saturated rings.